The normalized spacial score (nSPS) is 27.1. The van der Waals surface area contributed by atoms with Gasteiger partial charge in [0.15, 0.2) is 0 Å². The summed E-state index contributed by atoms with van der Waals surface area (Å²) in [5, 5.41) is 11.5. The molecule has 3 aliphatic rings. The molecule has 2 aliphatic heterocycles. The molecule has 1 spiro atoms. The fourth-order valence-electron chi connectivity index (χ4n) is 5.49. The first-order chi connectivity index (χ1) is 13.7. The van der Waals surface area contributed by atoms with Gasteiger partial charge in [-0.3, -0.25) is 4.79 Å². The smallest absolute Gasteiger partial charge is 0.225 e. The van der Waals surface area contributed by atoms with E-state index in [0.29, 0.717) is 26.3 Å². The van der Waals surface area contributed by atoms with Crippen molar-refractivity contribution >= 4 is 5.91 Å². The summed E-state index contributed by atoms with van der Waals surface area (Å²) in [6.45, 7) is 2.79. The second kappa shape index (κ2) is 7.01. The Morgan fingerprint density at radius 2 is 1.93 bits per heavy atom. The van der Waals surface area contributed by atoms with Gasteiger partial charge in [-0.05, 0) is 36.8 Å². The van der Waals surface area contributed by atoms with Crippen LogP contribution in [-0.2, 0) is 14.9 Å². The first kappa shape index (κ1) is 17.9. The quantitative estimate of drug-likeness (QED) is 0.865. The number of amides is 1. The van der Waals surface area contributed by atoms with Gasteiger partial charge < -0.3 is 19.3 Å². The molecular weight excluding hydrogens is 354 g/mol. The Balaban J connectivity index is 1.40. The molecule has 1 amide bonds. The van der Waals surface area contributed by atoms with Gasteiger partial charge >= 0.3 is 0 Å². The number of likely N-dealkylation sites (tertiary alicyclic amines) is 1. The van der Waals surface area contributed by atoms with Crippen molar-refractivity contribution in [2.45, 2.75) is 43.2 Å². The van der Waals surface area contributed by atoms with Gasteiger partial charge in [0.1, 0.15) is 0 Å². The van der Waals surface area contributed by atoms with E-state index < -0.39 is 6.10 Å². The summed E-state index contributed by atoms with van der Waals surface area (Å²) in [5.41, 5.74) is 2.12. The van der Waals surface area contributed by atoms with E-state index in [1.54, 1.807) is 12.5 Å². The van der Waals surface area contributed by atoms with Crippen LogP contribution in [0.15, 0.2) is 43.0 Å². The number of aliphatic hydroxyl groups is 1. The van der Waals surface area contributed by atoms with E-state index in [1.807, 2.05) is 21.7 Å². The second-order valence-electron chi connectivity index (χ2n) is 8.35. The maximum absolute atomic E-state index is 12.9. The largest absolute Gasteiger partial charge is 0.390 e. The van der Waals surface area contributed by atoms with E-state index in [9.17, 15) is 9.90 Å². The summed E-state index contributed by atoms with van der Waals surface area (Å²) in [7, 11) is 0. The maximum Gasteiger partial charge on any atom is 0.225 e. The Morgan fingerprint density at radius 3 is 2.64 bits per heavy atom. The lowest BCUT2D eigenvalue weighted by Crippen LogP contribution is -2.51. The number of ether oxygens (including phenoxy) is 1. The third-order valence-corrected chi connectivity index (χ3v) is 7.07. The van der Waals surface area contributed by atoms with Crippen LogP contribution in [0.25, 0.3) is 0 Å². The number of aliphatic hydroxyl groups excluding tert-OH is 1. The molecule has 28 heavy (non-hydrogen) atoms. The molecule has 1 aliphatic carbocycles. The van der Waals surface area contributed by atoms with E-state index in [4.69, 9.17) is 4.74 Å². The van der Waals surface area contributed by atoms with Crippen LogP contribution in [0, 0.1) is 5.92 Å². The molecule has 6 nitrogen and oxygen atoms in total. The predicted octanol–water partition coefficient (Wildman–Crippen LogP) is 2.13. The summed E-state index contributed by atoms with van der Waals surface area (Å²) in [4.78, 5) is 19.1. The number of hydrogen-bond donors (Lipinski definition) is 1. The minimum Gasteiger partial charge on any atom is -0.390 e. The van der Waals surface area contributed by atoms with Gasteiger partial charge in [-0.1, -0.05) is 24.3 Å². The molecule has 2 atom stereocenters. The Morgan fingerprint density at radius 1 is 1.18 bits per heavy atom. The molecule has 1 aromatic carbocycles. The van der Waals surface area contributed by atoms with E-state index in [0.717, 1.165) is 25.7 Å². The van der Waals surface area contributed by atoms with Crippen molar-refractivity contribution in [2.75, 3.05) is 26.3 Å². The number of carbonyl (C=O) groups is 1. The summed E-state index contributed by atoms with van der Waals surface area (Å²) >= 11 is 0. The third kappa shape index (κ3) is 2.70. The van der Waals surface area contributed by atoms with E-state index in [-0.39, 0.29) is 23.3 Å². The molecule has 0 saturated carbocycles. The number of benzene rings is 1. The van der Waals surface area contributed by atoms with Crippen LogP contribution in [0.2, 0.25) is 0 Å². The van der Waals surface area contributed by atoms with Crippen molar-refractivity contribution in [1.29, 1.82) is 0 Å². The first-order valence-electron chi connectivity index (χ1n) is 10.3. The number of piperidine rings is 1. The van der Waals surface area contributed by atoms with Crippen LogP contribution in [0.3, 0.4) is 0 Å². The molecule has 2 aromatic rings. The summed E-state index contributed by atoms with van der Waals surface area (Å²) in [5.74, 6) is 0.368. The van der Waals surface area contributed by atoms with Gasteiger partial charge in [-0.25, -0.2) is 4.98 Å². The standard InChI is InChI=1S/C22H27N3O3/c26-20-19(25-12-9-23-15-25)17-3-1-2-4-18(17)22(20)7-10-24(11-8-22)21(27)16-5-13-28-14-6-16/h1-4,9,12,15-16,19-20,26H,5-8,10-11,13-14H2/t19-,20+/m1/s1. The highest BCUT2D eigenvalue weighted by molar-refractivity contribution is 5.79. The zero-order valence-electron chi connectivity index (χ0n) is 16.0. The fraction of sp³-hybridized carbons (Fsp3) is 0.545. The van der Waals surface area contributed by atoms with Crippen molar-refractivity contribution < 1.29 is 14.6 Å². The molecule has 0 radical (unpaired) electrons. The highest BCUT2D eigenvalue weighted by atomic mass is 16.5. The summed E-state index contributed by atoms with van der Waals surface area (Å²) in [6.07, 6.45) is 8.20. The average Bonchev–Trinajstić information content (AvgIpc) is 3.35. The van der Waals surface area contributed by atoms with Gasteiger partial charge in [-0.2, -0.15) is 0 Å². The van der Waals surface area contributed by atoms with E-state index in [1.165, 1.54) is 11.1 Å². The van der Waals surface area contributed by atoms with Crippen LogP contribution >= 0.6 is 0 Å². The molecule has 5 rings (SSSR count). The Kier molecular flexibility index (Phi) is 4.48. The number of imidazole rings is 1. The number of rotatable bonds is 2. The molecule has 148 valence electrons. The molecule has 0 unspecified atom stereocenters. The number of nitrogens with zero attached hydrogens (tertiary/aromatic N) is 3. The lowest BCUT2D eigenvalue weighted by atomic mass is 9.71. The Hall–Kier alpha value is -2.18. The molecule has 6 heteroatoms. The SMILES string of the molecule is O=C(C1CCOCC1)N1CCC2(CC1)c1ccccc1[C@@H](n1ccnc1)[C@@H]2O. The molecule has 1 aromatic heterocycles. The Labute approximate surface area is 165 Å². The van der Waals surface area contributed by atoms with E-state index in [2.05, 4.69) is 23.2 Å². The predicted molar refractivity (Wildman–Crippen MR) is 104 cm³/mol. The third-order valence-electron chi connectivity index (χ3n) is 7.07. The van der Waals surface area contributed by atoms with Crippen LogP contribution < -0.4 is 0 Å². The van der Waals surface area contributed by atoms with Crippen molar-refractivity contribution in [2.24, 2.45) is 5.92 Å². The second-order valence-corrected chi connectivity index (χ2v) is 8.35. The summed E-state index contributed by atoms with van der Waals surface area (Å²) in [6, 6.07) is 8.26. The number of carbonyl (C=O) groups excluding carboxylic acids is 1. The summed E-state index contributed by atoms with van der Waals surface area (Å²) < 4.78 is 7.41. The topological polar surface area (TPSA) is 67.6 Å². The van der Waals surface area contributed by atoms with Gasteiger partial charge in [0, 0.05) is 50.0 Å². The van der Waals surface area contributed by atoms with Crippen molar-refractivity contribution in [3.05, 3.63) is 54.1 Å². The molecule has 0 bridgehead atoms. The number of fused-ring (bicyclic) bond motifs is 2. The van der Waals surface area contributed by atoms with Crippen LogP contribution in [-0.4, -0.2) is 57.9 Å². The lowest BCUT2D eigenvalue weighted by molar-refractivity contribution is -0.141. The molecular formula is C22H27N3O3. The molecule has 1 N–H and O–H groups in total. The van der Waals surface area contributed by atoms with Gasteiger partial charge in [-0.15, -0.1) is 0 Å². The Bertz CT molecular complexity index is 836. The van der Waals surface area contributed by atoms with Gasteiger partial charge in [0.2, 0.25) is 5.91 Å². The average molecular weight is 381 g/mol. The zero-order valence-corrected chi connectivity index (χ0v) is 16.0. The molecule has 2 saturated heterocycles. The van der Waals surface area contributed by atoms with E-state index >= 15 is 0 Å². The number of hydrogen-bond acceptors (Lipinski definition) is 4. The van der Waals surface area contributed by atoms with Gasteiger partial charge in [0.05, 0.1) is 18.5 Å². The highest BCUT2D eigenvalue weighted by Crippen LogP contribution is 2.52. The zero-order chi connectivity index (χ0) is 19.1. The molecule has 3 heterocycles. The van der Waals surface area contributed by atoms with Crippen LogP contribution in [0.5, 0.6) is 0 Å². The van der Waals surface area contributed by atoms with Crippen molar-refractivity contribution in [1.82, 2.24) is 14.5 Å². The molecule has 2 fully saturated rings. The maximum atomic E-state index is 12.9. The minimum atomic E-state index is -0.514. The van der Waals surface area contributed by atoms with Crippen LogP contribution in [0.4, 0.5) is 0 Å². The van der Waals surface area contributed by atoms with Crippen molar-refractivity contribution in [3.63, 3.8) is 0 Å². The van der Waals surface area contributed by atoms with Gasteiger partial charge in [0.25, 0.3) is 0 Å². The minimum absolute atomic E-state index is 0.0993. The van der Waals surface area contributed by atoms with Crippen LogP contribution in [0.1, 0.15) is 42.9 Å². The fourth-order valence-corrected chi connectivity index (χ4v) is 5.49. The van der Waals surface area contributed by atoms with Crippen molar-refractivity contribution in [3.8, 4) is 0 Å². The monoisotopic (exact) mass is 381 g/mol. The first-order valence-corrected chi connectivity index (χ1v) is 10.3. The number of aromatic nitrogens is 2. The lowest BCUT2D eigenvalue weighted by Gasteiger charge is -2.43. The highest BCUT2D eigenvalue weighted by Gasteiger charge is 2.53.